The number of nitrogens with one attached hydrogen (secondary N) is 2. The molecule has 0 fully saturated rings. The van der Waals surface area contributed by atoms with Crippen molar-refractivity contribution in [2.75, 3.05) is 16.4 Å². The molecule has 2 N–H and O–H groups in total. The largest absolute Gasteiger partial charge is 0.416 e. The smallest absolute Gasteiger partial charge is 0.340 e. The molecule has 1 heterocycles. The summed E-state index contributed by atoms with van der Waals surface area (Å²) in [5.41, 5.74) is -0.0123. The molecule has 0 spiro atoms. The first kappa shape index (κ1) is 21.8. The van der Waals surface area contributed by atoms with Crippen LogP contribution < -0.4 is 10.6 Å². The first-order valence-corrected chi connectivity index (χ1v) is 10.7. The lowest BCUT2D eigenvalue weighted by atomic mass is 10.2. The first-order valence-electron chi connectivity index (χ1n) is 8.64. The van der Waals surface area contributed by atoms with E-state index in [2.05, 4.69) is 20.6 Å². The van der Waals surface area contributed by atoms with Crippen molar-refractivity contribution >= 4 is 44.4 Å². The van der Waals surface area contributed by atoms with Gasteiger partial charge in [-0.15, -0.1) is 0 Å². The second-order valence-electron chi connectivity index (χ2n) is 6.16. The molecule has 3 rings (SSSR count). The molecule has 0 saturated heterocycles. The van der Waals surface area contributed by atoms with Gasteiger partial charge in [0.2, 0.25) is 0 Å². The summed E-state index contributed by atoms with van der Waals surface area (Å²) >= 11 is 6.15. The van der Waals surface area contributed by atoms with Gasteiger partial charge in [-0.2, -0.15) is 13.2 Å². The van der Waals surface area contributed by atoms with Crippen molar-refractivity contribution in [2.24, 2.45) is 0 Å². The van der Waals surface area contributed by atoms with E-state index in [4.69, 9.17) is 11.6 Å². The average Bonchev–Trinajstić information content (AvgIpc) is 2.69. The van der Waals surface area contributed by atoms with Crippen molar-refractivity contribution in [3.8, 4) is 0 Å². The third kappa shape index (κ3) is 5.19. The Labute approximate surface area is 176 Å². The fraction of sp³-hybridized carbons (Fsp3) is 0.158. The minimum atomic E-state index is -4.41. The van der Waals surface area contributed by atoms with E-state index < -0.39 is 21.6 Å². The molecule has 0 radical (unpaired) electrons. The topological polar surface area (TPSA) is 84.0 Å². The summed E-state index contributed by atoms with van der Waals surface area (Å²) in [6.45, 7) is 1.54. The maximum Gasteiger partial charge on any atom is 0.416 e. The molecule has 0 saturated carbocycles. The van der Waals surface area contributed by atoms with Crippen molar-refractivity contribution in [1.82, 2.24) is 9.97 Å². The molecule has 3 aromatic rings. The maximum atomic E-state index is 12.7. The van der Waals surface area contributed by atoms with E-state index in [0.717, 1.165) is 12.1 Å². The quantitative estimate of drug-likeness (QED) is 0.514. The van der Waals surface area contributed by atoms with Crippen LogP contribution in [0.15, 0.2) is 59.8 Å². The normalized spacial score (nSPS) is 11.9. The Bertz CT molecular complexity index is 1150. The monoisotopic (exact) mass is 456 g/mol. The number of aromatic nitrogens is 2. The van der Waals surface area contributed by atoms with Crippen molar-refractivity contribution in [2.45, 2.75) is 18.0 Å². The number of hydrogen-bond donors (Lipinski definition) is 2. The Kier molecular flexibility index (Phi) is 6.18. The summed E-state index contributed by atoms with van der Waals surface area (Å²) in [5.74, 6) is 0.580. The lowest BCUT2D eigenvalue weighted by Crippen LogP contribution is -2.05. The van der Waals surface area contributed by atoms with Gasteiger partial charge in [0.05, 0.1) is 26.9 Å². The van der Waals surface area contributed by atoms with Crippen LogP contribution in [0.1, 0.15) is 12.5 Å². The van der Waals surface area contributed by atoms with E-state index >= 15 is 0 Å². The van der Waals surface area contributed by atoms with Gasteiger partial charge in [0.15, 0.2) is 9.84 Å². The predicted molar refractivity (Wildman–Crippen MR) is 109 cm³/mol. The molecule has 0 atom stereocenters. The summed E-state index contributed by atoms with van der Waals surface area (Å²) < 4.78 is 62.2. The molecule has 0 aliphatic rings. The fourth-order valence-electron chi connectivity index (χ4n) is 2.48. The van der Waals surface area contributed by atoms with Crippen LogP contribution >= 0.6 is 11.6 Å². The highest BCUT2D eigenvalue weighted by molar-refractivity contribution is 7.91. The summed E-state index contributed by atoms with van der Waals surface area (Å²) in [7, 11) is -3.42. The summed E-state index contributed by atoms with van der Waals surface area (Å²) in [4.78, 5) is 8.20. The highest BCUT2D eigenvalue weighted by atomic mass is 35.5. The lowest BCUT2D eigenvalue weighted by Gasteiger charge is -2.12. The number of anilines is 4. The number of alkyl halides is 3. The highest BCUT2D eigenvalue weighted by Gasteiger charge is 2.29. The fourth-order valence-corrected chi connectivity index (χ4v) is 3.55. The van der Waals surface area contributed by atoms with Gasteiger partial charge in [-0.1, -0.05) is 18.5 Å². The van der Waals surface area contributed by atoms with Crippen molar-refractivity contribution in [3.05, 3.63) is 65.4 Å². The number of benzene rings is 2. The molecular formula is C19H16ClF3N4O2S. The van der Waals surface area contributed by atoms with Gasteiger partial charge in [0, 0.05) is 11.8 Å². The average molecular weight is 457 g/mol. The molecular weight excluding hydrogens is 441 g/mol. The molecule has 0 amide bonds. The number of rotatable bonds is 6. The third-order valence-electron chi connectivity index (χ3n) is 4.09. The Morgan fingerprint density at radius 3 is 2.20 bits per heavy atom. The first-order chi connectivity index (χ1) is 14.1. The van der Waals surface area contributed by atoms with E-state index in [9.17, 15) is 21.6 Å². The molecule has 0 unspecified atom stereocenters. The molecule has 0 aliphatic carbocycles. The Morgan fingerprint density at radius 1 is 0.967 bits per heavy atom. The van der Waals surface area contributed by atoms with Gasteiger partial charge in [0.1, 0.15) is 18.0 Å². The van der Waals surface area contributed by atoms with Crippen molar-refractivity contribution in [1.29, 1.82) is 0 Å². The molecule has 0 bridgehead atoms. The number of nitrogens with zero attached hydrogens (tertiary/aromatic N) is 2. The van der Waals surface area contributed by atoms with Gasteiger partial charge in [-0.05, 0) is 42.5 Å². The van der Waals surface area contributed by atoms with E-state index in [1.165, 1.54) is 42.7 Å². The van der Waals surface area contributed by atoms with Gasteiger partial charge in [0.25, 0.3) is 0 Å². The van der Waals surface area contributed by atoms with Crippen molar-refractivity contribution in [3.63, 3.8) is 0 Å². The van der Waals surface area contributed by atoms with Crippen LogP contribution in [0.25, 0.3) is 0 Å². The second kappa shape index (κ2) is 8.49. The Balaban J connectivity index is 1.80. The maximum absolute atomic E-state index is 12.7. The molecule has 30 heavy (non-hydrogen) atoms. The van der Waals surface area contributed by atoms with E-state index in [-0.39, 0.29) is 10.6 Å². The summed E-state index contributed by atoms with van der Waals surface area (Å²) in [6.07, 6.45) is -3.17. The molecule has 0 aliphatic heterocycles. The zero-order chi connectivity index (χ0) is 21.9. The van der Waals surface area contributed by atoms with E-state index in [1.807, 2.05) is 0 Å². The summed E-state index contributed by atoms with van der Waals surface area (Å²) in [6, 6.07) is 10.3. The van der Waals surface area contributed by atoms with Crippen LogP contribution in [0.3, 0.4) is 0 Å². The van der Waals surface area contributed by atoms with Crippen LogP contribution in [0.4, 0.5) is 36.2 Å². The second-order valence-corrected chi connectivity index (χ2v) is 8.84. The number of hydrogen-bond acceptors (Lipinski definition) is 6. The molecule has 2 aromatic carbocycles. The molecule has 158 valence electrons. The van der Waals surface area contributed by atoms with Gasteiger partial charge >= 0.3 is 6.18 Å². The van der Waals surface area contributed by atoms with Crippen LogP contribution in [-0.4, -0.2) is 24.1 Å². The third-order valence-corrected chi connectivity index (χ3v) is 6.15. The minimum absolute atomic E-state index is 0.0528. The predicted octanol–water partition coefficient (Wildman–Crippen LogP) is 5.43. The number of sulfone groups is 1. The van der Waals surface area contributed by atoms with Crippen LogP contribution in [0, 0.1) is 0 Å². The SMILES string of the molecule is CCS(=O)(=O)c1ccc(Cl)c(Nc2cc(Nc3ccc(C(F)(F)F)cc3)ncn2)c1. The minimum Gasteiger partial charge on any atom is -0.340 e. The summed E-state index contributed by atoms with van der Waals surface area (Å²) in [5, 5.41) is 6.10. The van der Waals surface area contributed by atoms with Crippen LogP contribution in [-0.2, 0) is 16.0 Å². The van der Waals surface area contributed by atoms with E-state index in [0.29, 0.717) is 28.0 Å². The van der Waals surface area contributed by atoms with Crippen molar-refractivity contribution < 1.29 is 21.6 Å². The zero-order valence-electron chi connectivity index (χ0n) is 15.5. The van der Waals surface area contributed by atoms with Gasteiger partial charge in [-0.25, -0.2) is 18.4 Å². The highest BCUT2D eigenvalue weighted by Crippen LogP contribution is 2.31. The van der Waals surface area contributed by atoms with Crippen LogP contribution in [0.5, 0.6) is 0 Å². The Hall–Kier alpha value is -2.85. The lowest BCUT2D eigenvalue weighted by molar-refractivity contribution is -0.137. The Morgan fingerprint density at radius 2 is 1.60 bits per heavy atom. The molecule has 6 nitrogen and oxygen atoms in total. The van der Waals surface area contributed by atoms with Crippen LogP contribution in [0.2, 0.25) is 5.02 Å². The molecule has 11 heteroatoms. The number of halogens is 4. The molecule has 1 aromatic heterocycles. The van der Waals surface area contributed by atoms with Gasteiger partial charge < -0.3 is 10.6 Å². The van der Waals surface area contributed by atoms with E-state index in [1.54, 1.807) is 6.92 Å². The zero-order valence-corrected chi connectivity index (χ0v) is 17.1. The standard InChI is InChI=1S/C19H16ClF3N4O2S/c1-2-30(28,29)14-7-8-15(20)16(9-14)27-18-10-17(24-11-25-18)26-13-5-3-12(4-6-13)19(21,22)23/h3-11H,2H2,1H3,(H2,24,25,26,27). The van der Waals surface area contributed by atoms with Gasteiger partial charge in [-0.3, -0.25) is 0 Å².